The van der Waals surface area contributed by atoms with Crippen molar-refractivity contribution in [2.24, 2.45) is 0 Å². The second-order valence-corrected chi connectivity index (χ2v) is 8.79. The molecule has 2 aliphatic rings. The van der Waals surface area contributed by atoms with Crippen molar-refractivity contribution >= 4 is 5.78 Å². The quantitative estimate of drug-likeness (QED) is 0.628. The van der Waals surface area contributed by atoms with E-state index in [1.807, 2.05) is 6.07 Å². The van der Waals surface area contributed by atoms with Crippen LogP contribution in [-0.4, -0.2) is 46.0 Å². The van der Waals surface area contributed by atoms with Gasteiger partial charge in [0.2, 0.25) is 5.78 Å². The largest absolute Gasteiger partial charge is 0.391 e. The number of aliphatic hydroxyl groups excluding tert-OH is 1. The summed E-state index contributed by atoms with van der Waals surface area (Å²) in [6, 6.07) is 18.2. The molecule has 5 heteroatoms. The number of nitrogens with zero attached hydrogens (tertiary/aromatic N) is 1. The molecule has 1 aliphatic carbocycles. The summed E-state index contributed by atoms with van der Waals surface area (Å²) in [5.41, 5.74) is 4.41. The minimum absolute atomic E-state index is 0.0663. The molecule has 5 rings (SSSR count). The molecular weight excluding hydrogens is 391 g/mol. The molecule has 4 nitrogen and oxygen atoms in total. The zero-order valence-electron chi connectivity index (χ0n) is 17.4. The van der Waals surface area contributed by atoms with E-state index >= 15 is 0 Å². The lowest BCUT2D eigenvalue weighted by molar-refractivity contribution is 0.0290. The first kappa shape index (κ1) is 20.2. The Morgan fingerprint density at radius 1 is 1.00 bits per heavy atom. The Morgan fingerprint density at radius 2 is 1.71 bits per heavy atom. The molecule has 31 heavy (non-hydrogen) atoms. The summed E-state index contributed by atoms with van der Waals surface area (Å²) in [7, 11) is 0. The van der Waals surface area contributed by atoms with Crippen molar-refractivity contribution in [2.45, 2.75) is 43.7 Å². The number of carbonyl (C=O) groups excluding carboxylic acids is 1. The highest BCUT2D eigenvalue weighted by Gasteiger charge is 2.35. The number of hydrogen-bond donors (Lipinski definition) is 2. The third-order valence-corrected chi connectivity index (χ3v) is 6.90. The van der Waals surface area contributed by atoms with Crippen LogP contribution in [0.1, 0.15) is 51.6 Å². The first-order valence-corrected chi connectivity index (χ1v) is 11.1. The monoisotopic (exact) mass is 418 g/mol. The molecule has 2 heterocycles. The fourth-order valence-electron chi connectivity index (χ4n) is 5.15. The number of nitrogens with one attached hydrogen (secondary N) is 1. The highest BCUT2D eigenvalue weighted by Crippen LogP contribution is 2.32. The Labute approximate surface area is 181 Å². The van der Waals surface area contributed by atoms with Crippen molar-refractivity contribution in [1.29, 1.82) is 0 Å². The maximum absolute atomic E-state index is 13.2. The van der Waals surface area contributed by atoms with Crippen LogP contribution in [-0.2, 0) is 12.8 Å². The van der Waals surface area contributed by atoms with Gasteiger partial charge in [-0.25, -0.2) is 4.39 Å². The first-order valence-electron chi connectivity index (χ1n) is 11.1. The molecule has 1 fully saturated rings. The summed E-state index contributed by atoms with van der Waals surface area (Å²) in [4.78, 5) is 18.5. The van der Waals surface area contributed by atoms with Crippen LogP contribution < -0.4 is 0 Å². The zero-order chi connectivity index (χ0) is 21.4. The average Bonchev–Trinajstić information content (AvgIpc) is 3.22. The molecule has 1 saturated heterocycles. The summed E-state index contributed by atoms with van der Waals surface area (Å²) in [5, 5.41) is 10.9. The van der Waals surface area contributed by atoms with Gasteiger partial charge in [0.25, 0.3) is 0 Å². The van der Waals surface area contributed by atoms with Crippen LogP contribution in [0.2, 0.25) is 0 Å². The number of benzene rings is 2. The van der Waals surface area contributed by atoms with Gasteiger partial charge in [-0.05, 0) is 73.3 Å². The van der Waals surface area contributed by atoms with Gasteiger partial charge in [0, 0.05) is 30.1 Å². The van der Waals surface area contributed by atoms with Crippen LogP contribution in [0, 0.1) is 5.82 Å². The number of hydrogen-bond acceptors (Lipinski definition) is 3. The number of aromatic nitrogens is 1. The molecule has 0 spiro atoms. The fraction of sp³-hybridized carbons (Fsp3) is 0.346. The predicted molar refractivity (Wildman–Crippen MR) is 118 cm³/mol. The van der Waals surface area contributed by atoms with Gasteiger partial charge in [0.1, 0.15) is 5.82 Å². The molecule has 2 atom stereocenters. The number of likely N-dealkylation sites (tertiary alicyclic amines) is 1. The van der Waals surface area contributed by atoms with Gasteiger partial charge in [-0.3, -0.25) is 9.69 Å². The number of ketones is 1. The summed E-state index contributed by atoms with van der Waals surface area (Å²) in [5.74, 6) is 0.0765. The van der Waals surface area contributed by atoms with Gasteiger partial charge in [-0.2, -0.15) is 0 Å². The Bertz CT molecular complexity index is 1050. The summed E-state index contributed by atoms with van der Waals surface area (Å²) >= 11 is 0. The van der Waals surface area contributed by atoms with Gasteiger partial charge in [0.15, 0.2) is 0 Å². The maximum Gasteiger partial charge on any atom is 0.209 e. The van der Waals surface area contributed by atoms with Crippen molar-refractivity contribution < 1.29 is 14.3 Å². The number of fused-ring (bicyclic) bond motifs is 1. The Balaban J connectivity index is 1.27. The molecule has 0 bridgehead atoms. The van der Waals surface area contributed by atoms with E-state index in [1.54, 1.807) is 0 Å². The number of H-pyrrole nitrogens is 1. The van der Waals surface area contributed by atoms with E-state index in [2.05, 4.69) is 40.2 Å². The van der Waals surface area contributed by atoms with E-state index in [1.165, 1.54) is 29.8 Å². The van der Waals surface area contributed by atoms with E-state index in [0.29, 0.717) is 30.0 Å². The third kappa shape index (κ3) is 4.08. The van der Waals surface area contributed by atoms with Gasteiger partial charge in [0.05, 0.1) is 11.8 Å². The Hall–Kier alpha value is -2.76. The highest BCUT2D eigenvalue weighted by atomic mass is 19.1. The normalized spacial score (nSPS) is 22.3. The number of halogens is 1. The number of piperidine rings is 1. The van der Waals surface area contributed by atoms with Gasteiger partial charge >= 0.3 is 0 Å². The number of aromatic amines is 1. The fourth-order valence-corrected chi connectivity index (χ4v) is 5.15. The smallest absolute Gasteiger partial charge is 0.209 e. The number of carbonyl (C=O) groups is 1. The second kappa shape index (κ2) is 8.40. The number of rotatable bonds is 4. The highest BCUT2D eigenvalue weighted by molar-refractivity contribution is 6.08. The molecule has 3 aromatic rings. The first-order chi connectivity index (χ1) is 15.1. The lowest BCUT2D eigenvalue weighted by Crippen LogP contribution is -2.50. The molecule has 160 valence electrons. The standard InChI is InChI=1S/C26H27FN2O2/c27-21-8-6-19(7-9-21)26(31)23-14-20-15-25(30)24(16-22(20)28-23)29-12-10-18(11-13-29)17-4-2-1-3-5-17/h1-9,14,18,24-25,28,30H,10-13,15-16H2/t24-,25-/m1/s1. The van der Waals surface area contributed by atoms with Crippen molar-refractivity contribution in [3.63, 3.8) is 0 Å². The third-order valence-electron chi connectivity index (χ3n) is 6.90. The lowest BCUT2D eigenvalue weighted by atomic mass is 9.85. The number of aliphatic hydroxyl groups is 1. The SMILES string of the molecule is O=C(c1ccc(F)cc1)c1cc2c([nH]1)C[C@@H](N1CCC(c3ccccc3)CC1)[C@H](O)C2. The minimum Gasteiger partial charge on any atom is -0.391 e. The van der Waals surface area contributed by atoms with E-state index in [-0.39, 0.29) is 17.6 Å². The topological polar surface area (TPSA) is 56.3 Å². The average molecular weight is 419 g/mol. The molecule has 2 N–H and O–H groups in total. The van der Waals surface area contributed by atoms with Crippen LogP contribution in [0.3, 0.4) is 0 Å². The molecule has 1 aliphatic heterocycles. The zero-order valence-corrected chi connectivity index (χ0v) is 17.4. The molecule has 0 amide bonds. The van der Waals surface area contributed by atoms with Crippen molar-refractivity contribution in [3.8, 4) is 0 Å². The lowest BCUT2D eigenvalue weighted by Gasteiger charge is -2.41. The molecule has 1 aromatic heterocycles. The summed E-state index contributed by atoms with van der Waals surface area (Å²) in [6.45, 7) is 1.94. The van der Waals surface area contributed by atoms with E-state index in [4.69, 9.17) is 0 Å². The molecule has 2 aromatic carbocycles. The molecule has 0 saturated carbocycles. The summed E-state index contributed by atoms with van der Waals surface area (Å²) < 4.78 is 13.2. The molecular formula is C26H27FN2O2. The van der Waals surface area contributed by atoms with Gasteiger partial charge in [-0.1, -0.05) is 30.3 Å². The van der Waals surface area contributed by atoms with Gasteiger partial charge < -0.3 is 10.1 Å². The van der Waals surface area contributed by atoms with E-state index in [9.17, 15) is 14.3 Å². The Kier molecular flexibility index (Phi) is 5.47. The molecule has 0 unspecified atom stereocenters. The predicted octanol–water partition coefficient (Wildman–Crippen LogP) is 4.09. The van der Waals surface area contributed by atoms with Crippen LogP contribution in [0.5, 0.6) is 0 Å². The van der Waals surface area contributed by atoms with Crippen LogP contribution in [0.25, 0.3) is 0 Å². The Morgan fingerprint density at radius 3 is 2.42 bits per heavy atom. The van der Waals surface area contributed by atoms with Crippen molar-refractivity contribution in [2.75, 3.05) is 13.1 Å². The second-order valence-electron chi connectivity index (χ2n) is 8.79. The molecule has 0 radical (unpaired) electrons. The van der Waals surface area contributed by atoms with E-state index in [0.717, 1.165) is 37.2 Å². The minimum atomic E-state index is -0.439. The van der Waals surface area contributed by atoms with Crippen molar-refractivity contribution in [3.05, 3.63) is 94.6 Å². The van der Waals surface area contributed by atoms with Crippen LogP contribution in [0.15, 0.2) is 60.7 Å². The van der Waals surface area contributed by atoms with Crippen LogP contribution in [0.4, 0.5) is 4.39 Å². The van der Waals surface area contributed by atoms with Crippen molar-refractivity contribution in [1.82, 2.24) is 9.88 Å². The van der Waals surface area contributed by atoms with Crippen LogP contribution >= 0.6 is 0 Å². The summed E-state index contributed by atoms with van der Waals surface area (Å²) in [6.07, 6.45) is 3.01. The van der Waals surface area contributed by atoms with Gasteiger partial charge in [-0.15, -0.1) is 0 Å². The maximum atomic E-state index is 13.2. The van der Waals surface area contributed by atoms with E-state index < -0.39 is 6.10 Å².